The molecule has 1 aliphatic carbocycles. The zero-order valence-corrected chi connectivity index (χ0v) is 4.92. The summed E-state index contributed by atoms with van der Waals surface area (Å²) >= 11 is 0. The SMILES string of the molecule is [C]1C=C2CC=CC=C2O1. The molecule has 2 radical (unpaired) electrons. The second-order valence-corrected chi connectivity index (χ2v) is 2.05. The van der Waals surface area contributed by atoms with Crippen molar-refractivity contribution in [3.63, 3.8) is 0 Å². The molecular formula is C8H6O. The van der Waals surface area contributed by atoms with Crippen LogP contribution in [0, 0.1) is 6.61 Å². The maximum atomic E-state index is 5.02. The van der Waals surface area contributed by atoms with Crippen molar-refractivity contribution in [2.45, 2.75) is 6.42 Å². The van der Waals surface area contributed by atoms with E-state index in [9.17, 15) is 0 Å². The Balaban J connectivity index is 2.37. The van der Waals surface area contributed by atoms with Crippen molar-refractivity contribution < 1.29 is 4.74 Å². The summed E-state index contributed by atoms with van der Waals surface area (Å²) in [7, 11) is 0. The van der Waals surface area contributed by atoms with Crippen molar-refractivity contribution in [2.75, 3.05) is 0 Å². The van der Waals surface area contributed by atoms with Crippen molar-refractivity contribution >= 4 is 0 Å². The molecule has 2 rings (SSSR count). The van der Waals surface area contributed by atoms with Gasteiger partial charge in [-0.25, -0.2) is 0 Å². The number of allylic oxidation sites excluding steroid dienone is 4. The van der Waals surface area contributed by atoms with Gasteiger partial charge in [-0.1, -0.05) is 12.2 Å². The van der Waals surface area contributed by atoms with E-state index in [1.54, 1.807) is 0 Å². The molecule has 0 unspecified atom stereocenters. The van der Waals surface area contributed by atoms with E-state index in [0.29, 0.717) is 0 Å². The first-order valence-corrected chi connectivity index (χ1v) is 2.95. The monoisotopic (exact) mass is 118 g/mol. The molecule has 1 heterocycles. The summed E-state index contributed by atoms with van der Waals surface area (Å²) in [5.41, 5.74) is 1.23. The molecule has 44 valence electrons. The Morgan fingerprint density at radius 3 is 3.44 bits per heavy atom. The Hall–Kier alpha value is -0.980. The third-order valence-corrected chi connectivity index (χ3v) is 1.44. The van der Waals surface area contributed by atoms with Gasteiger partial charge in [0.25, 0.3) is 0 Å². The van der Waals surface area contributed by atoms with Gasteiger partial charge in [0.1, 0.15) is 5.76 Å². The first-order valence-electron chi connectivity index (χ1n) is 2.95. The summed E-state index contributed by atoms with van der Waals surface area (Å²) < 4.78 is 5.02. The van der Waals surface area contributed by atoms with Crippen LogP contribution in [-0.2, 0) is 4.74 Å². The molecule has 0 fully saturated rings. The topological polar surface area (TPSA) is 9.23 Å². The lowest BCUT2D eigenvalue weighted by Gasteiger charge is -2.03. The third kappa shape index (κ3) is 0.689. The third-order valence-electron chi connectivity index (χ3n) is 1.44. The molecule has 0 bridgehead atoms. The Morgan fingerprint density at radius 2 is 2.56 bits per heavy atom. The van der Waals surface area contributed by atoms with E-state index >= 15 is 0 Å². The highest BCUT2D eigenvalue weighted by atomic mass is 16.5. The van der Waals surface area contributed by atoms with Crippen LogP contribution in [0.2, 0.25) is 0 Å². The molecule has 0 aromatic rings. The Labute approximate surface area is 54.3 Å². The molecule has 1 nitrogen and oxygen atoms in total. The molecule has 2 aliphatic rings. The van der Waals surface area contributed by atoms with Gasteiger partial charge < -0.3 is 4.74 Å². The summed E-state index contributed by atoms with van der Waals surface area (Å²) in [5.74, 6) is 0.956. The van der Waals surface area contributed by atoms with Crippen LogP contribution >= 0.6 is 0 Å². The van der Waals surface area contributed by atoms with E-state index in [-0.39, 0.29) is 0 Å². The van der Waals surface area contributed by atoms with Crippen molar-refractivity contribution in [3.05, 3.63) is 42.2 Å². The van der Waals surface area contributed by atoms with Gasteiger partial charge in [0, 0.05) is 0 Å². The lowest BCUT2D eigenvalue weighted by atomic mass is 10.1. The lowest BCUT2D eigenvalue weighted by Crippen LogP contribution is -1.87. The number of hydrogen-bond acceptors (Lipinski definition) is 1. The highest BCUT2D eigenvalue weighted by Gasteiger charge is 2.13. The zero-order valence-electron chi connectivity index (χ0n) is 4.92. The van der Waals surface area contributed by atoms with Crippen LogP contribution in [0.5, 0.6) is 0 Å². The molecular weight excluding hydrogens is 112 g/mol. The minimum absolute atomic E-state index is 0.956. The fraction of sp³-hybridized carbons (Fsp3) is 0.125. The zero-order chi connectivity index (χ0) is 6.10. The van der Waals surface area contributed by atoms with Gasteiger partial charge in [-0.2, -0.15) is 0 Å². The molecule has 1 heteroatoms. The van der Waals surface area contributed by atoms with Crippen LogP contribution in [0.25, 0.3) is 0 Å². The van der Waals surface area contributed by atoms with E-state index in [1.165, 1.54) is 5.57 Å². The average molecular weight is 118 g/mol. The normalized spacial score (nSPS) is 22.2. The molecule has 9 heavy (non-hydrogen) atoms. The number of ether oxygens (including phenoxy) is 1. The van der Waals surface area contributed by atoms with Crippen LogP contribution in [0.1, 0.15) is 6.42 Å². The van der Waals surface area contributed by atoms with E-state index in [0.717, 1.165) is 12.2 Å². The maximum absolute atomic E-state index is 5.02. The molecule has 0 spiro atoms. The van der Waals surface area contributed by atoms with E-state index in [4.69, 9.17) is 4.74 Å². The van der Waals surface area contributed by atoms with Gasteiger partial charge in [0.15, 0.2) is 0 Å². The highest BCUT2D eigenvalue weighted by Crippen LogP contribution is 2.26. The predicted molar refractivity (Wildman–Crippen MR) is 34.3 cm³/mol. The summed E-state index contributed by atoms with van der Waals surface area (Å²) in [5, 5.41) is 0. The van der Waals surface area contributed by atoms with Gasteiger partial charge in [-0.05, 0) is 24.1 Å². The van der Waals surface area contributed by atoms with Crippen LogP contribution < -0.4 is 0 Å². The maximum Gasteiger partial charge on any atom is 0.223 e. The van der Waals surface area contributed by atoms with Gasteiger partial charge >= 0.3 is 0 Å². The quantitative estimate of drug-likeness (QED) is 0.471. The average Bonchev–Trinajstić information content (AvgIpc) is 2.33. The molecule has 0 saturated heterocycles. The molecule has 1 aliphatic heterocycles. The summed E-state index contributed by atoms with van der Waals surface area (Å²) in [6.45, 7) is 2.69. The molecule has 0 N–H and O–H groups in total. The van der Waals surface area contributed by atoms with Crippen LogP contribution in [0.3, 0.4) is 0 Å². The lowest BCUT2D eigenvalue weighted by molar-refractivity contribution is 0.337. The number of fused-ring (bicyclic) bond motifs is 1. The minimum atomic E-state index is 0.956. The molecule has 0 aromatic carbocycles. The summed E-state index contributed by atoms with van der Waals surface area (Å²) in [6.07, 6.45) is 8.93. The Morgan fingerprint density at radius 1 is 1.56 bits per heavy atom. The van der Waals surface area contributed by atoms with Crippen molar-refractivity contribution in [1.82, 2.24) is 0 Å². The number of rotatable bonds is 0. The smallest absolute Gasteiger partial charge is 0.223 e. The second kappa shape index (κ2) is 1.76. The molecule has 0 saturated carbocycles. The summed E-state index contributed by atoms with van der Waals surface area (Å²) in [6, 6.07) is 0. The Kier molecular flexibility index (Phi) is 0.950. The highest BCUT2D eigenvalue weighted by molar-refractivity contribution is 5.39. The summed E-state index contributed by atoms with van der Waals surface area (Å²) in [4.78, 5) is 0. The molecule has 0 atom stereocenters. The second-order valence-electron chi connectivity index (χ2n) is 2.05. The standard InChI is InChI=1S/C8H6O/c1-2-4-8-7(3-1)5-6-9-8/h1-2,4-5H,3H2. The number of hydrogen-bond donors (Lipinski definition) is 0. The largest absolute Gasteiger partial charge is 0.473 e. The van der Waals surface area contributed by atoms with E-state index in [2.05, 4.69) is 12.7 Å². The minimum Gasteiger partial charge on any atom is -0.473 e. The van der Waals surface area contributed by atoms with E-state index < -0.39 is 0 Å². The Bertz CT molecular complexity index is 209. The van der Waals surface area contributed by atoms with Crippen molar-refractivity contribution in [2.24, 2.45) is 0 Å². The predicted octanol–water partition coefficient (Wildman–Crippen LogP) is 1.83. The van der Waals surface area contributed by atoms with Gasteiger partial charge in [-0.3, -0.25) is 0 Å². The van der Waals surface area contributed by atoms with Gasteiger partial charge in [-0.15, -0.1) is 0 Å². The molecule has 0 amide bonds. The van der Waals surface area contributed by atoms with Crippen LogP contribution in [0.4, 0.5) is 0 Å². The fourth-order valence-corrected chi connectivity index (χ4v) is 0.952. The first-order chi connectivity index (χ1) is 4.47. The van der Waals surface area contributed by atoms with Crippen LogP contribution in [-0.4, -0.2) is 0 Å². The van der Waals surface area contributed by atoms with Gasteiger partial charge in [0.05, 0.1) is 0 Å². The van der Waals surface area contributed by atoms with Crippen molar-refractivity contribution in [1.29, 1.82) is 0 Å². The van der Waals surface area contributed by atoms with Gasteiger partial charge in [0.2, 0.25) is 6.61 Å². The van der Waals surface area contributed by atoms with Crippen LogP contribution in [0.15, 0.2) is 35.6 Å². The van der Waals surface area contributed by atoms with Crippen molar-refractivity contribution in [3.8, 4) is 0 Å². The molecule has 0 aromatic heterocycles. The first kappa shape index (κ1) is 4.86. The fourth-order valence-electron chi connectivity index (χ4n) is 0.952. The van der Waals surface area contributed by atoms with E-state index in [1.807, 2.05) is 18.2 Å².